The fraction of sp³-hybridized carbons (Fsp3) is 0.867. The van der Waals surface area contributed by atoms with Crippen LogP contribution in [0.3, 0.4) is 0 Å². The van der Waals surface area contributed by atoms with Crippen LogP contribution < -0.4 is 5.32 Å². The van der Waals surface area contributed by atoms with Crippen molar-refractivity contribution in [3.05, 3.63) is 0 Å². The normalized spacial score (nSPS) is 31.4. The van der Waals surface area contributed by atoms with Crippen molar-refractivity contribution in [3.8, 4) is 0 Å². The third-order valence-electron chi connectivity index (χ3n) is 4.64. The Kier molecular flexibility index (Phi) is 5.02. The standard InChI is InChI=1S/C15H26N2O3/c1-3-14(19)16-12-8-11(9-13(12)18)15(20)17-6-4-10(2)5-7-17/h10-13,18H,3-9H2,1-2H3,(H,16,19)/t11-,12-,13-/m0/s1. The summed E-state index contributed by atoms with van der Waals surface area (Å²) in [6.07, 6.45) is 2.99. The lowest BCUT2D eigenvalue weighted by atomic mass is 9.97. The van der Waals surface area contributed by atoms with Gasteiger partial charge < -0.3 is 15.3 Å². The first-order valence-electron chi connectivity index (χ1n) is 7.77. The molecule has 3 atom stereocenters. The SMILES string of the molecule is CCC(=O)N[C@H]1C[C@H](C(=O)N2CCC(C)CC2)C[C@@H]1O. The first-order chi connectivity index (χ1) is 9.51. The van der Waals surface area contributed by atoms with Gasteiger partial charge in [-0.1, -0.05) is 13.8 Å². The Morgan fingerprint density at radius 3 is 2.50 bits per heavy atom. The van der Waals surface area contributed by atoms with Crippen molar-refractivity contribution < 1.29 is 14.7 Å². The fourth-order valence-corrected chi connectivity index (χ4v) is 3.17. The van der Waals surface area contributed by atoms with Gasteiger partial charge in [-0.3, -0.25) is 9.59 Å². The third-order valence-corrected chi connectivity index (χ3v) is 4.64. The maximum atomic E-state index is 12.5. The number of rotatable bonds is 3. The molecule has 2 N–H and O–H groups in total. The molecule has 0 spiro atoms. The molecule has 1 saturated heterocycles. The highest BCUT2D eigenvalue weighted by atomic mass is 16.3. The number of nitrogens with zero attached hydrogens (tertiary/aromatic N) is 1. The molecule has 1 heterocycles. The van der Waals surface area contributed by atoms with E-state index in [9.17, 15) is 14.7 Å². The Morgan fingerprint density at radius 2 is 1.90 bits per heavy atom. The van der Waals surface area contributed by atoms with E-state index in [1.54, 1.807) is 6.92 Å². The van der Waals surface area contributed by atoms with E-state index in [1.165, 1.54) is 0 Å². The first kappa shape index (κ1) is 15.3. The van der Waals surface area contributed by atoms with E-state index in [0.29, 0.717) is 25.2 Å². The summed E-state index contributed by atoms with van der Waals surface area (Å²) in [6, 6.07) is -0.264. The lowest BCUT2D eigenvalue weighted by molar-refractivity contribution is -0.137. The first-order valence-corrected chi connectivity index (χ1v) is 7.77. The van der Waals surface area contributed by atoms with E-state index in [0.717, 1.165) is 25.9 Å². The highest BCUT2D eigenvalue weighted by Gasteiger charge is 2.39. The molecule has 2 aliphatic rings. The molecule has 2 amide bonds. The van der Waals surface area contributed by atoms with Crippen molar-refractivity contribution in [1.82, 2.24) is 10.2 Å². The van der Waals surface area contributed by atoms with Gasteiger partial charge >= 0.3 is 0 Å². The number of carbonyl (C=O) groups excluding carboxylic acids is 2. The average molecular weight is 282 g/mol. The summed E-state index contributed by atoms with van der Waals surface area (Å²) >= 11 is 0. The zero-order chi connectivity index (χ0) is 14.7. The molecule has 0 unspecified atom stereocenters. The van der Waals surface area contributed by atoms with Gasteiger partial charge in [-0.25, -0.2) is 0 Å². The van der Waals surface area contributed by atoms with Gasteiger partial charge in [0, 0.05) is 25.4 Å². The predicted octanol–water partition coefficient (Wildman–Crippen LogP) is 0.911. The molecule has 0 bridgehead atoms. The smallest absolute Gasteiger partial charge is 0.225 e. The van der Waals surface area contributed by atoms with Crippen LogP contribution in [0.25, 0.3) is 0 Å². The minimum atomic E-state index is -0.594. The quantitative estimate of drug-likeness (QED) is 0.808. The maximum absolute atomic E-state index is 12.5. The van der Waals surface area contributed by atoms with Gasteiger partial charge in [-0.05, 0) is 31.6 Å². The number of nitrogens with one attached hydrogen (secondary N) is 1. The Balaban J connectivity index is 1.87. The van der Waals surface area contributed by atoms with Crippen molar-refractivity contribution in [2.24, 2.45) is 11.8 Å². The second-order valence-electron chi connectivity index (χ2n) is 6.27. The molecule has 1 aliphatic carbocycles. The molecule has 2 rings (SSSR count). The van der Waals surface area contributed by atoms with E-state index in [2.05, 4.69) is 12.2 Å². The van der Waals surface area contributed by atoms with Crippen LogP contribution in [0.4, 0.5) is 0 Å². The topological polar surface area (TPSA) is 69.6 Å². The number of aliphatic hydroxyl groups is 1. The van der Waals surface area contributed by atoms with Crippen LogP contribution in [0.2, 0.25) is 0 Å². The lowest BCUT2D eigenvalue weighted by Crippen LogP contribution is -2.41. The molecule has 1 aliphatic heterocycles. The van der Waals surface area contributed by atoms with E-state index < -0.39 is 6.10 Å². The van der Waals surface area contributed by atoms with E-state index >= 15 is 0 Å². The molecule has 0 aromatic carbocycles. The molecule has 0 radical (unpaired) electrons. The molecule has 1 saturated carbocycles. The van der Waals surface area contributed by atoms with Crippen LogP contribution in [0.5, 0.6) is 0 Å². The molecular weight excluding hydrogens is 256 g/mol. The maximum Gasteiger partial charge on any atom is 0.225 e. The van der Waals surface area contributed by atoms with E-state index in [4.69, 9.17) is 0 Å². The Labute approximate surface area is 120 Å². The summed E-state index contributed by atoms with van der Waals surface area (Å²) in [5.41, 5.74) is 0. The van der Waals surface area contributed by atoms with Crippen LogP contribution in [0.15, 0.2) is 0 Å². The van der Waals surface area contributed by atoms with Gasteiger partial charge in [0.25, 0.3) is 0 Å². The fourth-order valence-electron chi connectivity index (χ4n) is 3.17. The lowest BCUT2D eigenvalue weighted by Gasteiger charge is -2.32. The second kappa shape index (κ2) is 6.57. The van der Waals surface area contributed by atoms with Crippen molar-refractivity contribution in [2.45, 2.75) is 58.1 Å². The Bertz CT molecular complexity index is 364. The van der Waals surface area contributed by atoms with Gasteiger partial charge in [-0.15, -0.1) is 0 Å². The summed E-state index contributed by atoms with van der Waals surface area (Å²) in [5.74, 6) is 0.656. The molecule has 5 nitrogen and oxygen atoms in total. The predicted molar refractivity (Wildman–Crippen MR) is 75.9 cm³/mol. The van der Waals surface area contributed by atoms with Crippen LogP contribution in [-0.4, -0.2) is 47.1 Å². The second-order valence-corrected chi connectivity index (χ2v) is 6.27. The molecule has 2 fully saturated rings. The number of piperidine rings is 1. The molecular formula is C15H26N2O3. The highest BCUT2D eigenvalue weighted by molar-refractivity contribution is 5.80. The van der Waals surface area contributed by atoms with Gasteiger partial charge in [0.1, 0.15) is 0 Å². The minimum Gasteiger partial charge on any atom is -0.391 e. The van der Waals surface area contributed by atoms with E-state index in [1.807, 2.05) is 4.90 Å². The van der Waals surface area contributed by atoms with Crippen LogP contribution in [0.1, 0.15) is 46.0 Å². The summed E-state index contributed by atoms with van der Waals surface area (Å²) in [7, 11) is 0. The zero-order valence-corrected chi connectivity index (χ0v) is 12.5. The summed E-state index contributed by atoms with van der Waals surface area (Å²) in [5, 5.41) is 12.8. The zero-order valence-electron chi connectivity index (χ0n) is 12.5. The van der Waals surface area contributed by atoms with Crippen molar-refractivity contribution >= 4 is 11.8 Å². The molecule has 0 aromatic rings. The number of amides is 2. The number of carbonyl (C=O) groups is 2. The molecule has 20 heavy (non-hydrogen) atoms. The van der Waals surface area contributed by atoms with Gasteiger partial charge in [-0.2, -0.15) is 0 Å². The minimum absolute atomic E-state index is 0.0612. The van der Waals surface area contributed by atoms with Crippen molar-refractivity contribution in [3.63, 3.8) is 0 Å². The third kappa shape index (κ3) is 3.51. The summed E-state index contributed by atoms with van der Waals surface area (Å²) < 4.78 is 0. The average Bonchev–Trinajstić information content (AvgIpc) is 2.80. The van der Waals surface area contributed by atoms with Crippen molar-refractivity contribution in [1.29, 1.82) is 0 Å². The van der Waals surface area contributed by atoms with Crippen molar-refractivity contribution in [2.75, 3.05) is 13.1 Å². The largest absolute Gasteiger partial charge is 0.391 e. The van der Waals surface area contributed by atoms with Gasteiger partial charge in [0.05, 0.1) is 12.1 Å². The van der Waals surface area contributed by atoms with Gasteiger partial charge in [0.15, 0.2) is 0 Å². The Morgan fingerprint density at radius 1 is 1.25 bits per heavy atom. The number of hydrogen-bond acceptors (Lipinski definition) is 3. The molecule has 5 heteroatoms. The molecule has 0 aromatic heterocycles. The number of aliphatic hydroxyl groups excluding tert-OH is 1. The van der Waals surface area contributed by atoms with Gasteiger partial charge in [0.2, 0.25) is 11.8 Å². The van der Waals surface area contributed by atoms with Crippen LogP contribution in [0, 0.1) is 11.8 Å². The Hall–Kier alpha value is -1.10. The molecule has 114 valence electrons. The summed E-state index contributed by atoms with van der Waals surface area (Å²) in [6.45, 7) is 5.67. The number of likely N-dealkylation sites (tertiary alicyclic amines) is 1. The monoisotopic (exact) mass is 282 g/mol. The van der Waals surface area contributed by atoms with Crippen LogP contribution in [-0.2, 0) is 9.59 Å². The van der Waals surface area contributed by atoms with E-state index in [-0.39, 0.29) is 23.8 Å². The number of hydrogen-bond donors (Lipinski definition) is 2. The van der Waals surface area contributed by atoms with Crippen LogP contribution >= 0.6 is 0 Å². The highest BCUT2D eigenvalue weighted by Crippen LogP contribution is 2.29. The summed E-state index contributed by atoms with van der Waals surface area (Å²) in [4.78, 5) is 25.8.